The van der Waals surface area contributed by atoms with Crippen LogP contribution in [0.3, 0.4) is 0 Å². The minimum Gasteiger partial charge on any atom is -0.469 e. The molecule has 2 aromatic heterocycles. The summed E-state index contributed by atoms with van der Waals surface area (Å²) in [6, 6.07) is 11.8. The fraction of sp³-hybridized carbons (Fsp3) is 0.381. The number of amides is 1. The molecule has 1 atom stereocenters. The summed E-state index contributed by atoms with van der Waals surface area (Å²) in [7, 11) is 0. The second-order valence-electron chi connectivity index (χ2n) is 6.99. The second kappa shape index (κ2) is 9.28. The highest BCUT2D eigenvalue weighted by Gasteiger charge is 2.23. The second-order valence-corrected chi connectivity index (χ2v) is 7.94. The maximum atomic E-state index is 12.3. The van der Waals surface area contributed by atoms with E-state index >= 15 is 0 Å². The van der Waals surface area contributed by atoms with Crippen LogP contribution in [0.5, 0.6) is 0 Å². The lowest BCUT2D eigenvalue weighted by Crippen LogP contribution is -2.25. The zero-order chi connectivity index (χ0) is 20.1. The Hall–Kier alpha value is -2.58. The van der Waals surface area contributed by atoms with Crippen molar-refractivity contribution >= 4 is 17.7 Å². The Morgan fingerprint density at radius 2 is 2.14 bits per heavy atom. The quantitative estimate of drug-likeness (QED) is 0.571. The molecule has 8 heteroatoms. The standard InChI is InChI=1S/C21H24N4O3S/c1-15-18(9-11-27-15)20-23-24-21(25(20)13-17-8-5-10-28-17)29-14-19(26)22-12-16-6-3-2-4-7-16/h2-4,6-7,9,11,17H,5,8,10,12-14H2,1H3,(H,22,26). The van der Waals surface area contributed by atoms with Crippen molar-refractivity contribution in [3.05, 3.63) is 54.0 Å². The number of thioether (sulfide) groups is 1. The van der Waals surface area contributed by atoms with Crippen LogP contribution in [0.4, 0.5) is 0 Å². The molecular formula is C21H24N4O3S. The fourth-order valence-electron chi connectivity index (χ4n) is 3.35. The van der Waals surface area contributed by atoms with Gasteiger partial charge in [0.2, 0.25) is 5.91 Å². The molecule has 29 heavy (non-hydrogen) atoms. The van der Waals surface area contributed by atoms with E-state index in [-0.39, 0.29) is 17.8 Å². The number of rotatable bonds is 8. The van der Waals surface area contributed by atoms with E-state index in [0.29, 0.717) is 18.2 Å². The summed E-state index contributed by atoms with van der Waals surface area (Å²) in [5.74, 6) is 1.79. The van der Waals surface area contributed by atoms with Crippen LogP contribution in [-0.4, -0.2) is 39.1 Å². The third-order valence-electron chi connectivity index (χ3n) is 4.89. The van der Waals surface area contributed by atoms with E-state index in [1.54, 1.807) is 6.26 Å². The monoisotopic (exact) mass is 412 g/mol. The maximum Gasteiger partial charge on any atom is 0.230 e. The molecule has 7 nitrogen and oxygen atoms in total. The predicted octanol–water partition coefficient (Wildman–Crippen LogP) is 3.43. The lowest BCUT2D eigenvalue weighted by molar-refractivity contribution is -0.118. The molecular weight excluding hydrogens is 388 g/mol. The molecule has 1 aliphatic heterocycles. The molecule has 1 saturated heterocycles. The minimum absolute atomic E-state index is 0.0356. The molecule has 3 aromatic rings. The SMILES string of the molecule is Cc1occc1-c1nnc(SCC(=O)NCc2ccccc2)n1CC1CCCO1. The van der Waals surface area contributed by atoms with E-state index in [0.717, 1.165) is 42.2 Å². The van der Waals surface area contributed by atoms with Gasteiger partial charge in [0.25, 0.3) is 0 Å². The van der Waals surface area contributed by atoms with Crippen molar-refractivity contribution in [3.8, 4) is 11.4 Å². The van der Waals surface area contributed by atoms with Crippen molar-refractivity contribution in [2.45, 2.75) is 44.1 Å². The van der Waals surface area contributed by atoms with Gasteiger partial charge in [-0.2, -0.15) is 0 Å². The van der Waals surface area contributed by atoms with Gasteiger partial charge in [0.05, 0.1) is 30.2 Å². The Bertz CT molecular complexity index is 948. The number of nitrogens with zero attached hydrogens (tertiary/aromatic N) is 3. The van der Waals surface area contributed by atoms with Crippen LogP contribution >= 0.6 is 11.8 Å². The highest BCUT2D eigenvalue weighted by atomic mass is 32.2. The number of aryl methyl sites for hydroxylation is 1. The molecule has 1 unspecified atom stereocenters. The molecule has 4 rings (SSSR count). The van der Waals surface area contributed by atoms with Crippen molar-refractivity contribution < 1.29 is 13.9 Å². The summed E-state index contributed by atoms with van der Waals surface area (Å²) in [5.41, 5.74) is 1.99. The first-order chi connectivity index (χ1) is 14.2. The number of furan rings is 1. The first kappa shape index (κ1) is 19.7. The summed E-state index contributed by atoms with van der Waals surface area (Å²) in [5, 5.41) is 12.4. The number of carbonyl (C=O) groups is 1. The van der Waals surface area contributed by atoms with Gasteiger partial charge in [-0.3, -0.25) is 9.36 Å². The Labute approximate surface area is 173 Å². The molecule has 0 spiro atoms. The number of aromatic nitrogens is 3. The normalized spacial score (nSPS) is 16.2. The summed E-state index contributed by atoms with van der Waals surface area (Å²) >= 11 is 1.39. The summed E-state index contributed by atoms with van der Waals surface area (Å²) in [6.07, 6.45) is 3.88. The zero-order valence-electron chi connectivity index (χ0n) is 16.3. The van der Waals surface area contributed by atoms with Crippen LogP contribution in [0, 0.1) is 6.92 Å². The molecule has 0 radical (unpaired) electrons. The summed E-state index contributed by atoms with van der Waals surface area (Å²) < 4.78 is 13.3. The first-order valence-corrected chi connectivity index (χ1v) is 10.7. The average Bonchev–Trinajstić information content (AvgIpc) is 3.48. The number of nitrogens with one attached hydrogen (secondary N) is 1. The molecule has 152 valence electrons. The third-order valence-corrected chi connectivity index (χ3v) is 5.86. The van der Waals surface area contributed by atoms with Gasteiger partial charge in [0.15, 0.2) is 11.0 Å². The van der Waals surface area contributed by atoms with Gasteiger partial charge in [-0.05, 0) is 31.4 Å². The molecule has 3 heterocycles. The predicted molar refractivity (Wildman–Crippen MR) is 110 cm³/mol. The Morgan fingerprint density at radius 1 is 1.28 bits per heavy atom. The molecule has 0 aliphatic carbocycles. The largest absolute Gasteiger partial charge is 0.469 e. The van der Waals surface area contributed by atoms with E-state index in [9.17, 15) is 4.79 Å². The first-order valence-electron chi connectivity index (χ1n) is 9.73. The number of ether oxygens (including phenoxy) is 1. The number of hydrogen-bond donors (Lipinski definition) is 1. The Morgan fingerprint density at radius 3 is 2.86 bits per heavy atom. The van der Waals surface area contributed by atoms with Crippen LogP contribution in [0.1, 0.15) is 24.2 Å². The number of carbonyl (C=O) groups excluding carboxylic acids is 1. The number of hydrogen-bond acceptors (Lipinski definition) is 6. The van der Waals surface area contributed by atoms with Crippen LogP contribution in [-0.2, 0) is 22.6 Å². The molecule has 0 bridgehead atoms. The highest BCUT2D eigenvalue weighted by Crippen LogP contribution is 2.28. The smallest absolute Gasteiger partial charge is 0.230 e. The summed E-state index contributed by atoms with van der Waals surface area (Å²) in [6.45, 7) is 3.88. The molecule has 1 aromatic carbocycles. The molecule has 0 saturated carbocycles. The van der Waals surface area contributed by atoms with Gasteiger partial charge in [0.1, 0.15) is 5.76 Å². The average molecular weight is 413 g/mol. The lowest BCUT2D eigenvalue weighted by Gasteiger charge is -2.14. The molecule has 1 amide bonds. The van der Waals surface area contributed by atoms with Crippen LogP contribution in [0.15, 0.2) is 52.2 Å². The topological polar surface area (TPSA) is 82.2 Å². The van der Waals surface area contributed by atoms with E-state index in [1.165, 1.54) is 11.8 Å². The lowest BCUT2D eigenvalue weighted by atomic mass is 10.2. The van der Waals surface area contributed by atoms with Crippen molar-refractivity contribution in [3.63, 3.8) is 0 Å². The maximum absolute atomic E-state index is 12.3. The van der Waals surface area contributed by atoms with Gasteiger partial charge in [-0.25, -0.2) is 0 Å². The molecule has 1 fully saturated rings. The van der Waals surface area contributed by atoms with E-state index in [2.05, 4.69) is 15.5 Å². The highest BCUT2D eigenvalue weighted by molar-refractivity contribution is 7.99. The van der Waals surface area contributed by atoms with Gasteiger partial charge in [-0.1, -0.05) is 42.1 Å². The zero-order valence-corrected chi connectivity index (χ0v) is 17.2. The van der Waals surface area contributed by atoms with Crippen molar-refractivity contribution in [2.24, 2.45) is 0 Å². The summed E-state index contributed by atoms with van der Waals surface area (Å²) in [4.78, 5) is 12.3. The van der Waals surface area contributed by atoms with Gasteiger partial charge < -0.3 is 14.5 Å². The van der Waals surface area contributed by atoms with Crippen LogP contribution < -0.4 is 5.32 Å². The number of benzene rings is 1. The molecule has 1 N–H and O–H groups in total. The fourth-order valence-corrected chi connectivity index (χ4v) is 4.12. The van der Waals surface area contributed by atoms with Crippen molar-refractivity contribution in [1.29, 1.82) is 0 Å². The van der Waals surface area contributed by atoms with Crippen molar-refractivity contribution in [2.75, 3.05) is 12.4 Å². The van der Waals surface area contributed by atoms with Gasteiger partial charge in [-0.15, -0.1) is 10.2 Å². The van der Waals surface area contributed by atoms with Crippen LogP contribution in [0.2, 0.25) is 0 Å². The Kier molecular flexibility index (Phi) is 6.31. The van der Waals surface area contributed by atoms with Gasteiger partial charge in [0, 0.05) is 13.2 Å². The minimum atomic E-state index is -0.0356. The molecule has 1 aliphatic rings. The van der Waals surface area contributed by atoms with Crippen LogP contribution in [0.25, 0.3) is 11.4 Å². The van der Waals surface area contributed by atoms with E-state index in [4.69, 9.17) is 9.15 Å². The third kappa shape index (κ3) is 4.89. The van der Waals surface area contributed by atoms with Gasteiger partial charge >= 0.3 is 0 Å². The van der Waals surface area contributed by atoms with Crippen molar-refractivity contribution in [1.82, 2.24) is 20.1 Å². The Balaban J connectivity index is 1.44. The van der Waals surface area contributed by atoms with E-state index in [1.807, 2.05) is 47.9 Å². The van der Waals surface area contributed by atoms with E-state index < -0.39 is 0 Å².